The minimum Gasteiger partial charge on any atom is -0.478 e. The smallest absolute Gasteiger partial charge is 0.335 e. The maximum Gasteiger partial charge on any atom is 0.335 e. The average molecular weight is 447 g/mol. The number of carboxylic acid groups (broad SMARTS) is 1. The Hall–Kier alpha value is -2.70. The van der Waals surface area contributed by atoms with Crippen molar-refractivity contribution < 1.29 is 18.7 Å². The number of nitrogens with zero attached hydrogens (tertiary/aromatic N) is 1. The molecule has 4 aromatic rings. The zero-order chi connectivity index (χ0) is 19.1. The van der Waals surface area contributed by atoms with Crippen molar-refractivity contribution in [3.05, 3.63) is 75.6 Å². The highest BCUT2D eigenvalue weighted by Crippen LogP contribution is 2.39. The van der Waals surface area contributed by atoms with Crippen molar-refractivity contribution >= 4 is 44.6 Å². The highest BCUT2D eigenvalue weighted by molar-refractivity contribution is 9.10. The summed E-state index contributed by atoms with van der Waals surface area (Å²) in [4.78, 5) is 15.6. The zero-order valence-electron chi connectivity index (χ0n) is 13.5. The van der Waals surface area contributed by atoms with Gasteiger partial charge in [-0.25, -0.2) is 14.2 Å². The fraction of sp³-hybridized carbons (Fsp3) is 0. The number of fused-ring (bicyclic) bond motifs is 1. The van der Waals surface area contributed by atoms with Crippen molar-refractivity contribution in [1.82, 2.24) is 4.98 Å². The Balaban J connectivity index is 1.86. The van der Waals surface area contributed by atoms with Crippen molar-refractivity contribution in [3.63, 3.8) is 0 Å². The topological polar surface area (TPSA) is 63.3 Å². The first-order chi connectivity index (χ1) is 12.9. The first-order valence-corrected chi connectivity index (χ1v) is 8.98. The molecule has 2 aromatic carbocycles. The molecule has 0 spiro atoms. The number of furan rings is 1. The lowest BCUT2D eigenvalue weighted by molar-refractivity contribution is 0.0697. The van der Waals surface area contributed by atoms with E-state index in [1.54, 1.807) is 24.4 Å². The van der Waals surface area contributed by atoms with Gasteiger partial charge in [-0.15, -0.1) is 0 Å². The lowest BCUT2D eigenvalue weighted by Gasteiger charge is -2.05. The van der Waals surface area contributed by atoms with Crippen LogP contribution in [0.1, 0.15) is 10.4 Å². The van der Waals surface area contributed by atoms with E-state index in [4.69, 9.17) is 16.0 Å². The van der Waals surface area contributed by atoms with E-state index in [2.05, 4.69) is 20.9 Å². The molecule has 0 atom stereocenters. The Morgan fingerprint density at radius 2 is 1.85 bits per heavy atom. The van der Waals surface area contributed by atoms with E-state index in [0.717, 1.165) is 0 Å². The van der Waals surface area contributed by atoms with Gasteiger partial charge in [0.15, 0.2) is 5.76 Å². The van der Waals surface area contributed by atoms with Gasteiger partial charge in [0.1, 0.15) is 5.82 Å². The standard InChI is InChI=1S/C20H10BrClFNO3/c21-17-15-8-12(14-7-11(20(25)26)3-6-16(14)22)9-24-19(15)27-18(17)10-1-4-13(23)5-2-10/h1-9H,(H,25,26). The lowest BCUT2D eigenvalue weighted by Crippen LogP contribution is -1.96. The van der Waals surface area contributed by atoms with Crippen LogP contribution in [0.5, 0.6) is 0 Å². The molecule has 27 heavy (non-hydrogen) atoms. The van der Waals surface area contributed by atoms with Crippen LogP contribution >= 0.6 is 27.5 Å². The van der Waals surface area contributed by atoms with E-state index in [1.165, 1.54) is 24.3 Å². The van der Waals surface area contributed by atoms with Crippen LogP contribution in [0.4, 0.5) is 4.39 Å². The molecule has 2 heterocycles. The van der Waals surface area contributed by atoms with Crippen molar-refractivity contribution in [3.8, 4) is 22.5 Å². The predicted octanol–water partition coefficient (Wildman–Crippen LogP) is 6.42. The summed E-state index contributed by atoms with van der Waals surface area (Å²) in [5.41, 5.74) is 2.45. The van der Waals surface area contributed by atoms with E-state index >= 15 is 0 Å². The third kappa shape index (κ3) is 3.22. The Morgan fingerprint density at radius 3 is 2.56 bits per heavy atom. The van der Waals surface area contributed by atoms with Gasteiger partial charge in [0.2, 0.25) is 5.71 Å². The van der Waals surface area contributed by atoms with Crippen molar-refractivity contribution in [1.29, 1.82) is 0 Å². The summed E-state index contributed by atoms with van der Waals surface area (Å²) in [5, 5.41) is 10.3. The predicted molar refractivity (Wildman–Crippen MR) is 105 cm³/mol. The number of benzene rings is 2. The SMILES string of the molecule is O=C(O)c1ccc(Cl)c(-c2cnc3oc(-c4ccc(F)cc4)c(Br)c3c2)c1. The molecule has 0 saturated carbocycles. The van der Waals surface area contributed by atoms with Crippen LogP contribution in [0.3, 0.4) is 0 Å². The number of aromatic nitrogens is 1. The van der Waals surface area contributed by atoms with Gasteiger partial charge >= 0.3 is 5.97 Å². The second-order valence-electron chi connectivity index (χ2n) is 5.83. The van der Waals surface area contributed by atoms with Crippen LogP contribution in [-0.2, 0) is 0 Å². The van der Waals surface area contributed by atoms with Crippen LogP contribution in [0.25, 0.3) is 33.6 Å². The number of carboxylic acids is 1. The molecule has 0 radical (unpaired) electrons. The third-order valence-electron chi connectivity index (χ3n) is 4.12. The zero-order valence-corrected chi connectivity index (χ0v) is 15.9. The van der Waals surface area contributed by atoms with Crippen LogP contribution < -0.4 is 0 Å². The minimum atomic E-state index is -1.04. The first kappa shape index (κ1) is 17.7. The maximum absolute atomic E-state index is 13.2. The van der Waals surface area contributed by atoms with Crippen LogP contribution in [0.15, 0.2) is 63.6 Å². The van der Waals surface area contributed by atoms with Gasteiger partial charge in [-0.05, 0) is 64.5 Å². The molecule has 2 aromatic heterocycles. The molecule has 4 rings (SSSR count). The van der Waals surface area contributed by atoms with Crippen molar-refractivity contribution in [2.75, 3.05) is 0 Å². The third-order valence-corrected chi connectivity index (χ3v) is 5.23. The quantitative estimate of drug-likeness (QED) is 0.395. The van der Waals surface area contributed by atoms with E-state index in [0.29, 0.717) is 43.0 Å². The van der Waals surface area contributed by atoms with Gasteiger partial charge in [-0.1, -0.05) is 11.6 Å². The molecule has 0 aliphatic carbocycles. The number of hydrogen-bond acceptors (Lipinski definition) is 3. The molecule has 0 bridgehead atoms. The molecule has 4 nitrogen and oxygen atoms in total. The lowest BCUT2D eigenvalue weighted by atomic mass is 10.0. The molecule has 134 valence electrons. The van der Waals surface area contributed by atoms with Gasteiger partial charge < -0.3 is 9.52 Å². The Morgan fingerprint density at radius 1 is 1.11 bits per heavy atom. The average Bonchev–Trinajstić information content (AvgIpc) is 2.99. The van der Waals surface area contributed by atoms with E-state index in [-0.39, 0.29) is 11.4 Å². The van der Waals surface area contributed by atoms with E-state index in [1.807, 2.05) is 6.07 Å². The summed E-state index contributed by atoms with van der Waals surface area (Å²) in [6.07, 6.45) is 1.57. The number of pyridine rings is 1. The molecule has 0 amide bonds. The Bertz CT molecular complexity index is 1190. The normalized spacial score (nSPS) is 11.1. The van der Waals surface area contributed by atoms with Gasteiger partial charge in [0.05, 0.1) is 15.4 Å². The number of hydrogen-bond donors (Lipinski definition) is 1. The van der Waals surface area contributed by atoms with E-state index < -0.39 is 5.97 Å². The Labute approximate surface area is 166 Å². The molecule has 0 aliphatic heterocycles. The summed E-state index contributed by atoms with van der Waals surface area (Å²) >= 11 is 9.77. The monoisotopic (exact) mass is 445 g/mol. The van der Waals surface area contributed by atoms with Gasteiger partial charge in [0.25, 0.3) is 0 Å². The molecule has 7 heteroatoms. The maximum atomic E-state index is 13.2. The summed E-state index contributed by atoms with van der Waals surface area (Å²) < 4.78 is 19.6. The highest BCUT2D eigenvalue weighted by Gasteiger charge is 2.17. The number of rotatable bonds is 3. The molecule has 0 fully saturated rings. The molecule has 0 aliphatic rings. The summed E-state index contributed by atoms with van der Waals surface area (Å²) in [7, 11) is 0. The van der Waals surface area contributed by atoms with Gasteiger partial charge in [0, 0.05) is 27.9 Å². The molecule has 1 N–H and O–H groups in total. The molecular formula is C20H10BrClFNO3. The summed E-state index contributed by atoms with van der Waals surface area (Å²) in [6.45, 7) is 0. The van der Waals surface area contributed by atoms with Crippen LogP contribution in [-0.4, -0.2) is 16.1 Å². The molecule has 0 unspecified atom stereocenters. The number of carbonyl (C=O) groups is 1. The largest absolute Gasteiger partial charge is 0.478 e. The second-order valence-corrected chi connectivity index (χ2v) is 7.03. The van der Waals surface area contributed by atoms with Gasteiger partial charge in [-0.2, -0.15) is 0 Å². The van der Waals surface area contributed by atoms with Gasteiger partial charge in [-0.3, -0.25) is 0 Å². The van der Waals surface area contributed by atoms with Crippen molar-refractivity contribution in [2.24, 2.45) is 0 Å². The van der Waals surface area contributed by atoms with Crippen molar-refractivity contribution in [2.45, 2.75) is 0 Å². The summed E-state index contributed by atoms with van der Waals surface area (Å²) in [5.74, 6) is -0.843. The second kappa shape index (κ2) is 6.79. The highest BCUT2D eigenvalue weighted by atomic mass is 79.9. The summed E-state index contributed by atoms with van der Waals surface area (Å²) in [6, 6.07) is 12.2. The fourth-order valence-corrected chi connectivity index (χ4v) is 3.59. The Kier molecular flexibility index (Phi) is 4.45. The first-order valence-electron chi connectivity index (χ1n) is 7.81. The van der Waals surface area contributed by atoms with Crippen LogP contribution in [0, 0.1) is 5.82 Å². The fourth-order valence-electron chi connectivity index (χ4n) is 2.77. The molecular weight excluding hydrogens is 437 g/mol. The minimum absolute atomic E-state index is 0.132. The van der Waals surface area contributed by atoms with Crippen LogP contribution in [0.2, 0.25) is 5.02 Å². The molecule has 0 saturated heterocycles. The number of aromatic carboxylic acids is 1. The number of halogens is 3. The van der Waals surface area contributed by atoms with E-state index in [9.17, 15) is 14.3 Å².